The van der Waals surface area contributed by atoms with Crippen LogP contribution in [0.25, 0.3) is 0 Å². The van der Waals surface area contributed by atoms with E-state index in [4.69, 9.17) is 0 Å². The summed E-state index contributed by atoms with van der Waals surface area (Å²) in [6, 6.07) is 20.8. The molecule has 0 saturated carbocycles. The highest BCUT2D eigenvalue weighted by Gasteiger charge is 2.02. The highest BCUT2D eigenvalue weighted by Crippen LogP contribution is 2.13. The molecule has 0 aromatic heterocycles. The summed E-state index contributed by atoms with van der Waals surface area (Å²) < 4.78 is 2.22. The maximum Gasteiger partial charge on any atom is 0.205 e. The van der Waals surface area contributed by atoms with Gasteiger partial charge in [-0.3, -0.25) is 0 Å². The first kappa shape index (κ1) is 16.8. The van der Waals surface area contributed by atoms with Crippen LogP contribution in [-0.4, -0.2) is 23.9 Å². The van der Waals surface area contributed by atoms with E-state index in [0.29, 0.717) is 0 Å². The summed E-state index contributed by atoms with van der Waals surface area (Å²) in [7, 11) is 0. The van der Waals surface area contributed by atoms with Crippen LogP contribution in [0, 0.1) is 0 Å². The molecule has 0 aliphatic rings. The van der Waals surface area contributed by atoms with Crippen molar-refractivity contribution in [3.05, 3.63) is 85.1 Å². The van der Waals surface area contributed by atoms with Gasteiger partial charge >= 0.3 is 0 Å². The maximum atomic E-state index is 2.22. The van der Waals surface area contributed by atoms with Crippen LogP contribution in [0.2, 0.25) is 0 Å². The molecule has 0 amide bonds. The average Bonchev–Trinajstić information content (AvgIpc) is 2.63. The first-order valence-corrected chi connectivity index (χ1v) is 8.16. The van der Waals surface area contributed by atoms with Crippen molar-refractivity contribution in [2.45, 2.75) is 13.8 Å². The number of allylic oxidation sites excluding steroid dienone is 3. The molecular formula is C21H25N2+. The molecule has 118 valence electrons. The fourth-order valence-corrected chi connectivity index (χ4v) is 2.36. The Balaban J connectivity index is 2.01. The zero-order valence-electron chi connectivity index (χ0n) is 14.0. The van der Waals surface area contributed by atoms with Crippen LogP contribution < -0.4 is 4.90 Å². The van der Waals surface area contributed by atoms with Gasteiger partial charge in [-0.2, -0.15) is 4.58 Å². The van der Waals surface area contributed by atoms with E-state index in [1.54, 1.807) is 0 Å². The van der Waals surface area contributed by atoms with Gasteiger partial charge in [-0.05, 0) is 32.1 Å². The molecule has 0 saturated heterocycles. The average molecular weight is 305 g/mol. The number of hydrogen-bond acceptors (Lipinski definition) is 1. The van der Waals surface area contributed by atoms with Crippen molar-refractivity contribution in [1.82, 2.24) is 0 Å². The summed E-state index contributed by atoms with van der Waals surface area (Å²) in [5, 5.41) is 0. The summed E-state index contributed by atoms with van der Waals surface area (Å²) in [5.41, 5.74) is 2.42. The minimum absolute atomic E-state index is 0.948. The van der Waals surface area contributed by atoms with Crippen molar-refractivity contribution in [1.29, 1.82) is 0 Å². The van der Waals surface area contributed by atoms with E-state index in [2.05, 4.69) is 102 Å². The fourth-order valence-electron chi connectivity index (χ4n) is 2.36. The highest BCUT2D eigenvalue weighted by molar-refractivity contribution is 5.68. The summed E-state index contributed by atoms with van der Waals surface area (Å²) in [6.07, 6.45) is 10.4. The van der Waals surface area contributed by atoms with Gasteiger partial charge in [0.1, 0.15) is 6.54 Å². The predicted molar refractivity (Wildman–Crippen MR) is 101 cm³/mol. The smallest absolute Gasteiger partial charge is 0.205 e. The lowest BCUT2D eigenvalue weighted by Gasteiger charge is -2.17. The molecular weight excluding hydrogens is 280 g/mol. The summed E-state index contributed by atoms with van der Waals surface area (Å²) in [4.78, 5) is 2.22. The van der Waals surface area contributed by atoms with Crippen molar-refractivity contribution < 1.29 is 4.58 Å². The molecule has 0 atom stereocenters. The Morgan fingerprint density at radius 2 is 1.48 bits per heavy atom. The minimum atomic E-state index is 0.948. The molecule has 0 aliphatic heterocycles. The van der Waals surface area contributed by atoms with Gasteiger partial charge in [0.25, 0.3) is 0 Å². The molecule has 2 aromatic carbocycles. The molecule has 2 rings (SSSR count). The summed E-state index contributed by atoms with van der Waals surface area (Å²) >= 11 is 0. The molecule has 0 heterocycles. The standard InChI is InChI=1S/C21H25N2/c1-3-22(20-14-8-5-9-15-20)18-12-7-13-19-23(4-2)21-16-10-6-11-17-21/h5-19H,3-4H2,1-2H3/q+1. The number of anilines is 1. The van der Waals surface area contributed by atoms with Gasteiger partial charge < -0.3 is 4.90 Å². The second kappa shape index (κ2) is 9.42. The van der Waals surface area contributed by atoms with Crippen molar-refractivity contribution >= 4 is 17.6 Å². The number of hydrogen-bond donors (Lipinski definition) is 0. The molecule has 0 aliphatic carbocycles. The first-order chi connectivity index (χ1) is 11.3. The van der Waals surface area contributed by atoms with E-state index in [-0.39, 0.29) is 0 Å². The molecule has 0 radical (unpaired) electrons. The van der Waals surface area contributed by atoms with Gasteiger partial charge in [0.2, 0.25) is 5.69 Å². The Labute approximate surface area is 139 Å². The highest BCUT2D eigenvalue weighted by atomic mass is 15.1. The second-order valence-corrected chi connectivity index (χ2v) is 5.12. The van der Waals surface area contributed by atoms with Gasteiger partial charge in [-0.25, -0.2) is 0 Å². The van der Waals surface area contributed by atoms with Crippen molar-refractivity contribution in [2.24, 2.45) is 0 Å². The van der Waals surface area contributed by atoms with Gasteiger partial charge in [-0.15, -0.1) is 0 Å². The second-order valence-electron chi connectivity index (χ2n) is 5.12. The van der Waals surface area contributed by atoms with E-state index in [0.717, 1.165) is 13.1 Å². The van der Waals surface area contributed by atoms with Gasteiger partial charge in [0, 0.05) is 36.6 Å². The van der Waals surface area contributed by atoms with Crippen molar-refractivity contribution in [2.75, 3.05) is 18.0 Å². The number of benzene rings is 2. The number of para-hydroxylation sites is 2. The number of nitrogens with zero attached hydrogens (tertiary/aromatic N) is 2. The Kier molecular flexibility index (Phi) is 6.86. The van der Waals surface area contributed by atoms with Crippen LogP contribution in [-0.2, 0) is 0 Å². The van der Waals surface area contributed by atoms with E-state index >= 15 is 0 Å². The molecule has 2 heteroatoms. The molecule has 23 heavy (non-hydrogen) atoms. The van der Waals surface area contributed by atoms with Crippen LogP contribution >= 0.6 is 0 Å². The van der Waals surface area contributed by atoms with E-state index in [9.17, 15) is 0 Å². The van der Waals surface area contributed by atoms with Crippen molar-refractivity contribution in [3.63, 3.8) is 0 Å². The Morgan fingerprint density at radius 1 is 0.826 bits per heavy atom. The molecule has 2 nitrogen and oxygen atoms in total. The lowest BCUT2D eigenvalue weighted by atomic mass is 10.3. The van der Waals surface area contributed by atoms with Crippen molar-refractivity contribution in [3.8, 4) is 0 Å². The molecule has 0 spiro atoms. The van der Waals surface area contributed by atoms with Crippen LogP contribution in [0.1, 0.15) is 13.8 Å². The topological polar surface area (TPSA) is 6.25 Å². The summed E-state index contributed by atoms with van der Waals surface area (Å²) in [6.45, 7) is 6.20. The Hall–Kier alpha value is -2.61. The third-order valence-electron chi connectivity index (χ3n) is 3.61. The molecule has 0 fully saturated rings. The molecule has 0 N–H and O–H groups in total. The molecule has 0 unspecified atom stereocenters. The lowest BCUT2D eigenvalue weighted by molar-refractivity contribution is -0.430. The molecule has 2 aromatic rings. The van der Waals surface area contributed by atoms with Gasteiger partial charge in [0.05, 0.1) is 0 Å². The fraction of sp³-hybridized carbons (Fsp3) is 0.190. The predicted octanol–water partition coefficient (Wildman–Crippen LogP) is 5.02. The van der Waals surface area contributed by atoms with E-state index in [1.807, 2.05) is 12.1 Å². The summed E-state index contributed by atoms with van der Waals surface area (Å²) in [5.74, 6) is 0. The molecule has 0 bridgehead atoms. The lowest BCUT2D eigenvalue weighted by Crippen LogP contribution is -2.14. The third kappa shape index (κ3) is 5.26. The zero-order chi connectivity index (χ0) is 16.3. The SMILES string of the molecule is CCN(/C=C/C=C/C=[N+](CC)c1ccccc1)c1ccccc1. The largest absolute Gasteiger partial charge is 0.348 e. The van der Waals surface area contributed by atoms with Crippen LogP contribution in [0.5, 0.6) is 0 Å². The maximum absolute atomic E-state index is 2.22. The number of rotatable bonds is 7. The van der Waals surface area contributed by atoms with E-state index < -0.39 is 0 Å². The quantitative estimate of drug-likeness (QED) is 0.395. The van der Waals surface area contributed by atoms with E-state index in [1.165, 1.54) is 11.4 Å². The van der Waals surface area contributed by atoms with Crippen LogP contribution in [0.15, 0.2) is 85.1 Å². The Morgan fingerprint density at radius 3 is 2.09 bits per heavy atom. The monoisotopic (exact) mass is 305 g/mol. The van der Waals surface area contributed by atoms with Crippen LogP contribution in [0.4, 0.5) is 11.4 Å². The van der Waals surface area contributed by atoms with Crippen LogP contribution in [0.3, 0.4) is 0 Å². The van der Waals surface area contributed by atoms with Gasteiger partial charge in [-0.1, -0.05) is 42.5 Å². The first-order valence-electron chi connectivity index (χ1n) is 8.16. The normalized spacial score (nSPS) is 12.2. The zero-order valence-corrected chi connectivity index (χ0v) is 14.0. The van der Waals surface area contributed by atoms with Gasteiger partial charge in [0.15, 0.2) is 6.21 Å². The Bertz CT molecular complexity index is 655. The minimum Gasteiger partial charge on any atom is -0.348 e. The third-order valence-corrected chi connectivity index (χ3v) is 3.61.